The Kier molecular flexibility index (Phi) is 7.42. The lowest BCUT2D eigenvalue weighted by Gasteiger charge is -2.37. The molecular weight excluding hydrogens is 558 g/mol. The molecule has 40 heavy (non-hydrogen) atoms. The summed E-state index contributed by atoms with van der Waals surface area (Å²) < 4.78 is 86.1. The number of hydrogen-bond acceptors (Lipinski definition) is 5. The van der Waals surface area contributed by atoms with Crippen LogP contribution in [0.15, 0.2) is 58.4 Å². The number of hydrogen-bond donors (Lipinski definition) is 0. The SMILES string of the molecule is C=C1CN(c2nc(=O)n3c4c(c(-c5ccc(F)cc5F)c(C(F)(F)F)cc24)SCCC3)CCN1C(=O)/C=C/CF. The molecule has 1 amide bonds. The molecule has 1 fully saturated rings. The van der Waals surface area contributed by atoms with Crippen LogP contribution in [0.5, 0.6) is 0 Å². The van der Waals surface area contributed by atoms with E-state index in [0.29, 0.717) is 23.9 Å². The van der Waals surface area contributed by atoms with Gasteiger partial charge in [-0.25, -0.2) is 18.0 Å². The first-order chi connectivity index (χ1) is 19.0. The number of amides is 1. The molecule has 3 heterocycles. The van der Waals surface area contributed by atoms with Gasteiger partial charge in [-0.3, -0.25) is 9.36 Å². The number of aromatic nitrogens is 2. The van der Waals surface area contributed by atoms with Gasteiger partial charge in [-0.2, -0.15) is 18.2 Å². The van der Waals surface area contributed by atoms with Crippen LogP contribution in [0.3, 0.4) is 0 Å². The highest BCUT2D eigenvalue weighted by Crippen LogP contribution is 2.48. The molecule has 0 N–H and O–H groups in total. The topological polar surface area (TPSA) is 58.4 Å². The standard InChI is InChI=1S/C27H22F6N4O2S/c1-15-14-35(9-10-36(15)21(38)4-2-7-28)25-18-13-19(27(31,32)33)22(17-6-5-16(29)12-20(17)30)24-23(18)37(26(39)34-25)8-3-11-40-24/h2,4-6,12-13H,1,3,7-11,14H2/b4-2+. The Hall–Kier alpha value is -3.74. The van der Waals surface area contributed by atoms with Crippen molar-refractivity contribution in [3.8, 4) is 11.1 Å². The van der Waals surface area contributed by atoms with Crippen molar-refractivity contribution in [3.63, 3.8) is 0 Å². The number of thioether (sulfide) groups is 1. The van der Waals surface area contributed by atoms with E-state index in [4.69, 9.17) is 0 Å². The number of alkyl halides is 4. The lowest BCUT2D eigenvalue weighted by Crippen LogP contribution is -2.47. The molecule has 13 heteroatoms. The average molecular weight is 581 g/mol. The van der Waals surface area contributed by atoms with E-state index in [1.54, 1.807) is 4.90 Å². The molecule has 1 aromatic heterocycles. The maximum Gasteiger partial charge on any atom is 0.417 e. The van der Waals surface area contributed by atoms with E-state index in [1.165, 1.54) is 9.47 Å². The summed E-state index contributed by atoms with van der Waals surface area (Å²) >= 11 is 1.07. The molecule has 3 aromatic rings. The van der Waals surface area contributed by atoms with E-state index in [2.05, 4.69) is 11.6 Å². The van der Waals surface area contributed by atoms with Crippen molar-refractivity contribution in [2.75, 3.05) is 37.0 Å². The van der Waals surface area contributed by atoms with E-state index in [-0.39, 0.29) is 47.8 Å². The summed E-state index contributed by atoms with van der Waals surface area (Å²) in [6, 6.07) is 3.22. The summed E-state index contributed by atoms with van der Waals surface area (Å²) in [5, 5.41) is 0.0347. The Labute approximate surface area is 228 Å². The number of piperazine rings is 1. The largest absolute Gasteiger partial charge is 0.417 e. The number of allylic oxidation sites excluding steroid dienone is 1. The van der Waals surface area contributed by atoms with E-state index < -0.39 is 52.8 Å². The molecule has 1 saturated heterocycles. The van der Waals surface area contributed by atoms with E-state index in [1.807, 2.05) is 0 Å². The summed E-state index contributed by atoms with van der Waals surface area (Å²) in [7, 11) is 0. The Morgan fingerprint density at radius 2 is 1.93 bits per heavy atom. The van der Waals surface area contributed by atoms with Gasteiger partial charge in [-0.1, -0.05) is 6.58 Å². The number of benzene rings is 2. The number of anilines is 1. The summed E-state index contributed by atoms with van der Waals surface area (Å²) in [5.41, 5.74) is -2.26. The fraction of sp³-hybridized carbons (Fsp3) is 0.296. The predicted molar refractivity (Wildman–Crippen MR) is 140 cm³/mol. The molecule has 0 spiro atoms. The lowest BCUT2D eigenvalue weighted by molar-refractivity contribution is -0.137. The van der Waals surface area contributed by atoms with Crippen molar-refractivity contribution in [2.45, 2.75) is 24.0 Å². The van der Waals surface area contributed by atoms with Gasteiger partial charge in [0.05, 0.1) is 17.6 Å². The number of nitrogens with zero attached hydrogens (tertiary/aromatic N) is 4. The van der Waals surface area contributed by atoms with E-state index in [0.717, 1.165) is 42.1 Å². The van der Waals surface area contributed by atoms with Gasteiger partial charge in [0.15, 0.2) is 0 Å². The zero-order valence-electron chi connectivity index (χ0n) is 20.9. The Balaban J connectivity index is 1.74. The minimum Gasteiger partial charge on any atom is -0.348 e. The van der Waals surface area contributed by atoms with Gasteiger partial charge in [0.25, 0.3) is 5.91 Å². The molecule has 6 nitrogen and oxygen atoms in total. The summed E-state index contributed by atoms with van der Waals surface area (Å²) in [5.74, 6) is -2.26. The van der Waals surface area contributed by atoms with Crippen LogP contribution in [0.1, 0.15) is 12.0 Å². The molecule has 0 bridgehead atoms. The number of aryl methyl sites for hydroxylation is 1. The molecule has 2 aliphatic heterocycles. The number of carbonyl (C=O) groups is 1. The van der Waals surface area contributed by atoms with E-state index >= 15 is 0 Å². The summed E-state index contributed by atoms with van der Waals surface area (Å²) in [6.45, 7) is 3.40. The van der Waals surface area contributed by atoms with Gasteiger partial charge in [0.1, 0.15) is 24.1 Å². The predicted octanol–water partition coefficient (Wildman–Crippen LogP) is 5.54. The third kappa shape index (κ3) is 4.98. The second-order valence-corrected chi connectivity index (χ2v) is 10.4. The van der Waals surface area contributed by atoms with Crippen molar-refractivity contribution in [2.24, 2.45) is 0 Å². The molecule has 0 unspecified atom stereocenters. The number of rotatable bonds is 4. The minimum atomic E-state index is -4.93. The highest BCUT2D eigenvalue weighted by molar-refractivity contribution is 7.99. The summed E-state index contributed by atoms with van der Waals surface area (Å²) in [6.07, 6.45) is -2.35. The van der Waals surface area contributed by atoms with Gasteiger partial charge in [0.2, 0.25) is 0 Å². The van der Waals surface area contributed by atoms with Gasteiger partial charge < -0.3 is 9.80 Å². The molecule has 0 aliphatic carbocycles. The average Bonchev–Trinajstić information content (AvgIpc) is 3.13. The Morgan fingerprint density at radius 1 is 1.15 bits per heavy atom. The summed E-state index contributed by atoms with van der Waals surface area (Å²) in [4.78, 5) is 32.7. The highest BCUT2D eigenvalue weighted by atomic mass is 32.2. The fourth-order valence-corrected chi connectivity index (χ4v) is 6.21. The number of carbonyl (C=O) groups excluding carboxylic acids is 1. The van der Waals surface area contributed by atoms with Gasteiger partial charge in [-0.15, -0.1) is 11.8 Å². The second-order valence-electron chi connectivity index (χ2n) is 9.25. The smallest absolute Gasteiger partial charge is 0.348 e. The van der Waals surface area contributed by atoms with Crippen molar-refractivity contribution in [3.05, 3.63) is 76.4 Å². The maximum absolute atomic E-state index is 14.9. The third-order valence-electron chi connectivity index (χ3n) is 6.74. The van der Waals surface area contributed by atoms with Crippen LogP contribution >= 0.6 is 11.8 Å². The first kappa shape index (κ1) is 27.8. The first-order valence-electron chi connectivity index (χ1n) is 12.2. The van der Waals surface area contributed by atoms with Crippen molar-refractivity contribution < 1.29 is 31.1 Å². The molecule has 2 aliphatic rings. The maximum atomic E-state index is 14.9. The second kappa shape index (κ2) is 10.7. The Bertz CT molecular complexity index is 1620. The first-order valence-corrected chi connectivity index (χ1v) is 13.2. The Morgan fingerprint density at radius 3 is 2.60 bits per heavy atom. The third-order valence-corrected chi connectivity index (χ3v) is 7.92. The van der Waals surface area contributed by atoms with Gasteiger partial charge >= 0.3 is 11.9 Å². The molecule has 0 atom stereocenters. The molecule has 0 saturated carbocycles. The van der Waals surface area contributed by atoms with Crippen LogP contribution in [-0.2, 0) is 17.5 Å². The fourth-order valence-electron chi connectivity index (χ4n) is 5.01. The minimum absolute atomic E-state index is 0.0239. The lowest BCUT2D eigenvalue weighted by atomic mass is 9.95. The van der Waals surface area contributed by atoms with Gasteiger partial charge in [-0.05, 0) is 36.4 Å². The molecule has 2 aromatic carbocycles. The van der Waals surface area contributed by atoms with Crippen molar-refractivity contribution in [1.29, 1.82) is 0 Å². The van der Waals surface area contributed by atoms with Crippen LogP contribution in [0.4, 0.5) is 32.2 Å². The molecule has 0 radical (unpaired) electrons. The molecule has 210 valence electrons. The number of halogens is 6. The van der Waals surface area contributed by atoms with Crippen LogP contribution in [0.2, 0.25) is 0 Å². The van der Waals surface area contributed by atoms with Crippen LogP contribution in [0, 0.1) is 11.6 Å². The highest BCUT2D eigenvalue weighted by Gasteiger charge is 2.39. The van der Waals surface area contributed by atoms with Crippen LogP contribution in [0.25, 0.3) is 22.0 Å². The van der Waals surface area contributed by atoms with Crippen molar-refractivity contribution in [1.82, 2.24) is 14.5 Å². The quantitative estimate of drug-likeness (QED) is 0.300. The normalized spacial score (nSPS) is 16.2. The monoisotopic (exact) mass is 580 g/mol. The van der Waals surface area contributed by atoms with Crippen molar-refractivity contribution >= 4 is 34.4 Å². The van der Waals surface area contributed by atoms with E-state index in [9.17, 15) is 35.9 Å². The van der Waals surface area contributed by atoms with Crippen LogP contribution < -0.4 is 10.6 Å². The molecular formula is C27H22F6N4O2S. The zero-order valence-corrected chi connectivity index (χ0v) is 21.7. The zero-order chi connectivity index (χ0) is 28.8. The van der Waals surface area contributed by atoms with Gasteiger partial charge in [0, 0.05) is 58.9 Å². The molecule has 5 rings (SSSR count). The van der Waals surface area contributed by atoms with Crippen LogP contribution in [-0.4, -0.2) is 52.4 Å².